The molecule has 0 radical (unpaired) electrons. The lowest BCUT2D eigenvalue weighted by Crippen LogP contribution is -2.62. The molecule has 4 N–H and O–H groups in total. The predicted octanol–water partition coefficient (Wildman–Crippen LogP) is 4.44. The summed E-state index contributed by atoms with van der Waals surface area (Å²) in [7, 11) is 0. The highest BCUT2D eigenvalue weighted by atomic mass is 16.5. The molecule has 0 aromatic rings. The maximum absolute atomic E-state index is 11.7. The molecule has 12 atom stereocenters. The standard InChI is InChI=1S/C30H50O5/c1-24(2)20(33)8-11-30-16-29(30)13-12-26(5)23(28(7)10-9-21(35-28)25(3,4)34)18(32)15-27(26,6)19(29)14-17(31)22(24)30/h17-23,31-34H,8-16H2,1-7H3/t17?,18?,19?,20?,21?,22-,23?,26?,27-,28+,29?,30?/m0/s1. The van der Waals surface area contributed by atoms with Crippen LogP contribution in [0.25, 0.3) is 0 Å². The molecule has 9 unspecified atom stereocenters. The van der Waals surface area contributed by atoms with Crippen molar-refractivity contribution in [3.8, 4) is 0 Å². The van der Waals surface area contributed by atoms with Crippen molar-refractivity contribution in [3.05, 3.63) is 0 Å². The van der Waals surface area contributed by atoms with Crippen molar-refractivity contribution in [2.75, 3.05) is 0 Å². The maximum Gasteiger partial charge on any atom is 0.0865 e. The molecule has 5 nitrogen and oxygen atoms in total. The van der Waals surface area contributed by atoms with Crippen molar-refractivity contribution in [1.82, 2.24) is 0 Å². The maximum atomic E-state index is 11.7. The molecule has 35 heavy (non-hydrogen) atoms. The summed E-state index contributed by atoms with van der Waals surface area (Å²) < 4.78 is 6.66. The first-order chi connectivity index (χ1) is 16.0. The van der Waals surface area contributed by atoms with Gasteiger partial charge in [-0.15, -0.1) is 0 Å². The van der Waals surface area contributed by atoms with Crippen LogP contribution in [0.3, 0.4) is 0 Å². The molecule has 1 saturated heterocycles. The van der Waals surface area contributed by atoms with Crippen molar-refractivity contribution >= 4 is 0 Å². The zero-order chi connectivity index (χ0) is 25.6. The minimum atomic E-state index is -0.886. The third kappa shape index (κ3) is 2.78. The van der Waals surface area contributed by atoms with Crippen LogP contribution in [-0.2, 0) is 4.74 Å². The highest BCUT2D eigenvalue weighted by Gasteiger charge is 2.84. The molecule has 0 aromatic carbocycles. The second-order valence-electron chi connectivity index (χ2n) is 15.9. The van der Waals surface area contributed by atoms with Crippen LogP contribution in [0.4, 0.5) is 0 Å². The summed E-state index contributed by atoms with van der Waals surface area (Å²) in [6.07, 6.45) is 7.18. The Morgan fingerprint density at radius 2 is 1.46 bits per heavy atom. The first-order valence-corrected chi connectivity index (χ1v) is 14.4. The van der Waals surface area contributed by atoms with Crippen molar-refractivity contribution < 1.29 is 25.2 Å². The Bertz CT molecular complexity index is 911. The molecule has 0 bridgehead atoms. The van der Waals surface area contributed by atoms with Gasteiger partial charge in [0.1, 0.15) is 0 Å². The number of ether oxygens (including phenoxy) is 1. The highest BCUT2D eigenvalue weighted by molar-refractivity contribution is 5.33. The Morgan fingerprint density at radius 1 is 0.771 bits per heavy atom. The summed E-state index contributed by atoms with van der Waals surface area (Å²) in [5.41, 5.74) is -1.35. The Hall–Kier alpha value is -0.200. The fourth-order valence-corrected chi connectivity index (χ4v) is 12.1. The third-order valence-corrected chi connectivity index (χ3v) is 13.8. The first kappa shape index (κ1) is 25.1. The second-order valence-corrected chi connectivity index (χ2v) is 15.9. The molecule has 6 aliphatic rings. The summed E-state index contributed by atoms with van der Waals surface area (Å²) in [4.78, 5) is 0. The number of fused-ring (bicyclic) bond motifs is 2. The molecule has 5 saturated carbocycles. The number of rotatable bonds is 2. The van der Waals surface area contributed by atoms with E-state index in [0.29, 0.717) is 5.92 Å². The Labute approximate surface area is 212 Å². The van der Waals surface area contributed by atoms with Crippen LogP contribution in [0.5, 0.6) is 0 Å². The Balaban J connectivity index is 1.37. The van der Waals surface area contributed by atoms with Gasteiger partial charge in [0, 0.05) is 5.92 Å². The zero-order valence-corrected chi connectivity index (χ0v) is 23.1. The molecular weight excluding hydrogens is 440 g/mol. The van der Waals surface area contributed by atoms with Crippen LogP contribution >= 0.6 is 0 Å². The molecule has 0 amide bonds. The van der Waals surface area contributed by atoms with Gasteiger partial charge in [0.05, 0.1) is 35.6 Å². The van der Waals surface area contributed by atoms with Crippen molar-refractivity contribution in [2.45, 2.75) is 142 Å². The van der Waals surface area contributed by atoms with E-state index in [2.05, 4.69) is 34.6 Å². The van der Waals surface area contributed by atoms with Gasteiger partial charge >= 0.3 is 0 Å². The Kier molecular flexibility index (Phi) is 4.92. The van der Waals surface area contributed by atoms with Gasteiger partial charge in [0.2, 0.25) is 0 Å². The van der Waals surface area contributed by atoms with E-state index < -0.39 is 23.4 Å². The molecule has 5 aliphatic carbocycles. The van der Waals surface area contributed by atoms with Crippen LogP contribution in [0.15, 0.2) is 0 Å². The van der Waals surface area contributed by atoms with E-state index in [1.807, 2.05) is 13.8 Å². The van der Waals surface area contributed by atoms with Crippen LogP contribution in [0.2, 0.25) is 0 Å². The number of aliphatic hydroxyl groups is 4. The lowest BCUT2D eigenvalue weighted by Gasteiger charge is -2.64. The van der Waals surface area contributed by atoms with Gasteiger partial charge in [0.15, 0.2) is 0 Å². The van der Waals surface area contributed by atoms with E-state index in [1.165, 1.54) is 6.42 Å². The first-order valence-electron chi connectivity index (χ1n) is 14.4. The van der Waals surface area contributed by atoms with E-state index in [4.69, 9.17) is 4.74 Å². The molecule has 5 heteroatoms. The summed E-state index contributed by atoms with van der Waals surface area (Å²) in [5.74, 6) is 0.577. The average molecular weight is 491 g/mol. The third-order valence-electron chi connectivity index (χ3n) is 13.8. The molecule has 0 aromatic heterocycles. The van der Waals surface area contributed by atoms with Crippen molar-refractivity contribution in [2.24, 2.45) is 44.8 Å². The fraction of sp³-hybridized carbons (Fsp3) is 1.00. The molecule has 2 spiro atoms. The predicted molar refractivity (Wildman–Crippen MR) is 134 cm³/mol. The Morgan fingerprint density at radius 3 is 2.09 bits per heavy atom. The lowest BCUT2D eigenvalue weighted by molar-refractivity contribution is -0.213. The average Bonchev–Trinajstić information content (AvgIpc) is 3.08. The number of aliphatic hydroxyl groups excluding tert-OH is 3. The van der Waals surface area contributed by atoms with Gasteiger partial charge in [-0.1, -0.05) is 27.7 Å². The van der Waals surface area contributed by atoms with E-state index in [-0.39, 0.29) is 51.1 Å². The molecule has 1 aliphatic heterocycles. The smallest absolute Gasteiger partial charge is 0.0865 e. The summed E-state index contributed by atoms with van der Waals surface area (Å²) >= 11 is 0. The van der Waals surface area contributed by atoms with Crippen LogP contribution < -0.4 is 0 Å². The monoisotopic (exact) mass is 490 g/mol. The number of hydrogen-bond acceptors (Lipinski definition) is 5. The van der Waals surface area contributed by atoms with E-state index in [9.17, 15) is 20.4 Å². The molecule has 6 fully saturated rings. The van der Waals surface area contributed by atoms with Crippen LogP contribution in [0, 0.1) is 44.8 Å². The van der Waals surface area contributed by atoms with Gasteiger partial charge in [-0.05, 0) is 117 Å². The van der Waals surface area contributed by atoms with E-state index >= 15 is 0 Å². The van der Waals surface area contributed by atoms with Crippen molar-refractivity contribution in [1.29, 1.82) is 0 Å². The SMILES string of the molecule is CC(C)(O)C1CC[C@](C)(C2C(O)C[C@@]3(C)C4CC(O)[C@H]5C(C)(C)C(O)CCC56CC46CCC23C)O1. The zero-order valence-electron chi connectivity index (χ0n) is 23.1. The minimum absolute atomic E-state index is 0.0267. The quantitative estimate of drug-likeness (QED) is 0.460. The topological polar surface area (TPSA) is 90.2 Å². The molecular formula is C30H50O5. The largest absolute Gasteiger partial charge is 0.393 e. The lowest BCUT2D eigenvalue weighted by atomic mass is 9.41. The van der Waals surface area contributed by atoms with Gasteiger partial charge in [0.25, 0.3) is 0 Å². The van der Waals surface area contributed by atoms with E-state index in [0.717, 1.165) is 51.4 Å². The van der Waals surface area contributed by atoms with Gasteiger partial charge in [-0.25, -0.2) is 0 Å². The van der Waals surface area contributed by atoms with Gasteiger partial charge < -0.3 is 25.2 Å². The minimum Gasteiger partial charge on any atom is -0.393 e. The highest BCUT2D eigenvalue weighted by Crippen LogP contribution is 2.89. The summed E-state index contributed by atoms with van der Waals surface area (Å²) in [6, 6.07) is 0. The van der Waals surface area contributed by atoms with E-state index in [1.54, 1.807) is 0 Å². The van der Waals surface area contributed by atoms with Gasteiger partial charge in [-0.2, -0.15) is 0 Å². The van der Waals surface area contributed by atoms with Crippen molar-refractivity contribution in [3.63, 3.8) is 0 Å². The normalized spacial score (nSPS) is 60.9. The van der Waals surface area contributed by atoms with Gasteiger partial charge in [-0.3, -0.25) is 0 Å². The molecule has 200 valence electrons. The van der Waals surface area contributed by atoms with Crippen LogP contribution in [-0.4, -0.2) is 56.0 Å². The summed E-state index contributed by atoms with van der Waals surface area (Å²) in [5, 5.41) is 45.0. The molecule has 1 heterocycles. The number of hydrogen-bond donors (Lipinski definition) is 4. The fourth-order valence-electron chi connectivity index (χ4n) is 12.1. The summed E-state index contributed by atoms with van der Waals surface area (Å²) in [6.45, 7) is 15.0. The molecule has 6 rings (SSSR count). The second kappa shape index (κ2) is 6.86. The van der Waals surface area contributed by atoms with Crippen LogP contribution in [0.1, 0.15) is 106 Å².